The molecule has 3 saturated carbocycles. The summed E-state index contributed by atoms with van der Waals surface area (Å²) in [5, 5.41) is 21.6. The molecule has 2 N–H and O–H groups in total. The highest BCUT2D eigenvalue weighted by molar-refractivity contribution is 5.91. The summed E-state index contributed by atoms with van der Waals surface area (Å²) in [5.74, 6) is 3.43. The van der Waals surface area contributed by atoms with E-state index >= 15 is 0 Å². The summed E-state index contributed by atoms with van der Waals surface area (Å²) in [7, 11) is 0. The lowest BCUT2D eigenvalue weighted by molar-refractivity contribution is -0.124. The van der Waals surface area contributed by atoms with Crippen molar-refractivity contribution in [3.8, 4) is 0 Å². The third-order valence-electron chi connectivity index (χ3n) is 10.4. The van der Waals surface area contributed by atoms with Gasteiger partial charge in [0.2, 0.25) is 0 Å². The van der Waals surface area contributed by atoms with Gasteiger partial charge in [0.05, 0.1) is 12.2 Å². The van der Waals surface area contributed by atoms with Crippen molar-refractivity contribution in [2.24, 2.45) is 46.3 Å². The zero-order valence-electron chi connectivity index (χ0n) is 19.9. The maximum Gasteiger partial charge on any atom is 0.155 e. The maximum atomic E-state index is 12.1. The van der Waals surface area contributed by atoms with E-state index in [1.165, 1.54) is 31.3 Å². The van der Waals surface area contributed by atoms with Crippen LogP contribution in [0.5, 0.6) is 0 Å². The fraction of sp³-hybridized carbons (Fsp3) is 0.889. The van der Waals surface area contributed by atoms with E-state index in [0.29, 0.717) is 53.8 Å². The predicted octanol–water partition coefficient (Wildman–Crippen LogP) is 5.54. The van der Waals surface area contributed by atoms with Gasteiger partial charge in [0.1, 0.15) is 0 Å². The molecular weight excluding hydrogens is 372 g/mol. The van der Waals surface area contributed by atoms with E-state index in [4.69, 9.17) is 0 Å². The Kier molecular flexibility index (Phi) is 6.03. The van der Waals surface area contributed by atoms with Gasteiger partial charge in [-0.05, 0) is 104 Å². The summed E-state index contributed by atoms with van der Waals surface area (Å²) >= 11 is 0. The van der Waals surface area contributed by atoms with E-state index in [0.717, 1.165) is 19.3 Å². The van der Waals surface area contributed by atoms with Gasteiger partial charge in [0.15, 0.2) is 5.78 Å². The van der Waals surface area contributed by atoms with Crippen molar-refractivity contribution >= 4 is 5.78 Å². The van der Waals surface area contributed by atoms with Crippen molar-refractivity contribution in [3.05, 3.63) is 11.6 Å². The lowest BCUT2D eigenvalue weighted by Crippen LogP contribution is -2.55. The molecule has 9 atom stereocenters. The van der Waals surface area contributed by atoms with Crippen LogP contribution in [0.15, 0.2) is 11.6 Å². The van der Waals surface area contributed by atoms with Crippen LogP contribution in [-0.2, 0) is 4.79 Å². The quantitative estimate of drug-likeness (QED) is 0.619. The molecule has 170 valence electrons. The van der Waals surface area contributed by atoms with Gasteiger partial charge in [-0.3, -0.25) is 4.79 Å². The van der Waals surface area contributed by atoms with Crippen molar-refractivity contribution < 1.29 is 15.0 Å². The minimum Gasteiger partial charge on any atom is -0.393 e. The molecule has 0 aliphatic heterocycles. The van der Waals surface area contributed by atoms with E-state index in [1.54, 1.807) is 0 Å². The average Bonchev–Trinajstić information content (AvgIpc) is 3.04. The summed E-state index contributed by atoms with van der Waals surface area (Å²) < 4.78 is 0. The number of rotatable bonds is 5. The molecule has 5 unspecified atom stereocenters. The Morgan fingerprint density at radius 2 is 1.80 bits per heavy atom. The molecular formula is C27H44O3. The van der Waals surface area contributed by atoms with Crippen LogP contribution in [0.2, 0.25) is 0 Å². The van der Waals surface area contributed by atoms with Gasteiger partial charge in [0, 0.05) is 6.42 Å². The summed E-state index contributed by atoms with van der Waals surface area (Å²) in [5.41, 5.74) is 1.66. The summed E-state index contributed by atoms with van der Waals surface area (Å²) in [6, 6.07) is 0. The van der Waals surface area contributed by atoms with Crippen molar-refractivity contribution in [2.45, 2.75) is 105 Å². The molecule has 0 bridgehead atoms. The molecule has 0 amide bonds. The Hall–Kier alpha value is -0.670. The molecule has 0 aromatic heterocycles. The number of aliphatic hydroxyl groups is 2. The van der Waals surface area contributed by atoms with Gasteiger partial charge in [-0.15, -0.1) is 0 Å². The van der Waals surface area contributed by atoms with Gasteiger partial charge in [0.25, 0.3) is 0 Å². The van der Waals surface area contributed by atoms with Crippen molar-refractivity contribution in [2.75, 3.05) is 0 Å². The first-order chi connectivity index (χ1) is 14.1. The lowest BCUT2D eigenvalue weighted by Gasteiger charge is -2.60. The molecule has 0 saturated heterocycles. The number of hydrogen-bond donors (Lipinski definition) is 2. The number of fused-ring (bicyclic) bond motifs is 5. The minimum atomic E-state index is -0.290. The molecule has 3 fully saturated rings. The fourth-order valence-electron chi connectivity index (χ4n) is 8.47. The zero-order chi connectivity index (χ0) is 21.8. The minimum absolute atomic E-state index is 0.115. The second-order valence-electron chi connectivity index (χ2n) is 12.2. The monoisotopic (exact) mass is 416 g/mol. The molecule has 30 heavy (non-hydrogen) atoms. The van der Waals surface area contributed by atoms with Crippen LogP contribution in [-0.4, -0.2) is 28.2 Å². The van der Waals surface area contributed by atoms with Crippen LogP contribution < -0.4 is 0 Å². The maximum absolute atomic E-state index is 12.1. The lowest BCUT2D eigenvalue weighted by atomic mass is 9.45. The van der Waals surface area contributed by atoms with Crippen molar-refractivity contribution in [1.82, 2.24) is 0 Å². The van der Waals surface area contributed by atoms with Crippen LogP contribution in [0.4, 0.5) is 0 Å². The summed E-state index contributed by atoms with van der Waals surface area (Å²) in [6.07, 6.45) is 10.7. The Bertz CT molecular complexity index is 696. The van der Waals surface area contributed by atoms with Crippen LogP contribution >= 0.6 is 0 Å². The van der Waals surface area contributed by atoms with Crippen molar-refractivity contribution in [1.29, 1.82) is 0 Å². The number of carbonyl (C=O) groups is 1. The van der Waals surface area contributed by atoms with Crippen LogP contribution in [0.25, 0.3) is 0 Å². The highest BCUT2D eigenvalue weighted by Gasteiger charge is 2.61. The second-order valence-corrected chi connectivity index (χ2v) is 12.2. The first-order valence-corrected chi connectivity index (χ1v) is 12.7. The number of ketones is 1. The topological polar surface area (TPSA) is 57.5 Å². The summed E-state index contributed by atoms with van der Waals surface area (Å²) in [4.78, 5) is 12.1. The normalized spacial score (nSPS) is 45.4. The van der Waals surface area contributed by atoms with Gasteiger partial charge in [-0.25, -0.2) is 0 Å². The first-order valence-electron chi connectivity index (χ1n) is 12.7. The Balaban J connectivity index is 1.53. The number of aliphatic hydroxyl groups excluding tert-OH is 2. The van der Waals surface area contributed by atoms with Crippen LogP contribution in [0, 0.1) is 46.3 Å². The molecule has 0 spiro atoms. The van der Waals surface area contributed by atoms with Gasteiger partial charge < -0.3 is 10.2 Å². The van der Waals surface area contributed by atoms with Crippen LogP contribution in [0.3, 0.4) is 0 Å². The third-order valence-corrected chi connectivity index (χ3v) is 10.4. The molecule has 0 aromatic carbocycles. The molecule has 4 aliphatic rings. The largest absolute Gasteiger partial charge is 0.393 e. The van der Waals surface area contributed by atoms with Gasteiger partial charge >= 0.3 is 0 Å². The second kappa shape index (κ2) is 8.03. The van der Waals surface area contributed by atoms with E-state index in [9.17, 15) is 15.0 Å². The van der Waals surface area contributed by atoms with E-state index in [2.05, 4.69) is 34.6 Å². The zero-order valence-corrected chi connectivity index (χ0v) is 19.9. The first kappa shape index (κ1) is 22.5. The highest BCUT2D eigenvalue weighted by atomic mass is 16.3. The number of hydrogen-bond acceptors (Lipinski definition) is 3. The van der Waals surface area contributed by atoms with Crippen LogP contribution in [0.1, 0.15) is 92.4 Å². The fourth-order valence-corrected chi connectivity index (χ4v) is 8.47. The molecule has 4 aliphatic carbocycles. The molecule has 0 aromatic rings. The molecule has 4 rings (SSSR count). The third kappa shape index (κ3) is 3.52. The number of carbonyl (C=O) groups excluding carboxylic acids is 1. The SMILES string of the molecule is CC(C)C(O)CC[C@@H](C)C1CCC2C3C(CC[C@@]21C)[C@@]1(C)CCC(=O)C=C1C[C@H]3O. The van der Waals surface area contributed by atoms with E-state index in [-0.39, 0.29) is 23.4 Å². The van der Waals surface area contributed by atoms with Gasteiger partial charge in [-0.2, -0.15) is 0 Å². The van der Waals surface area contributed by atoms with Gasteiger partial charge in [-0.1, -0.05) is 40.2 Å². The molecule has 3 nitrogen and oxygen atoms in total. The standard InChI is InChI=1S/C27H44O3/c1-16(2)23(29)9-6-17(3)20-7-8-21-25-22(11-13-27(20,21)5)26(4)12-10-19(28)14-18(26)15-24(25)30/h14,16-17,20-25,29-30H,6-13,15H2,1-5H3/t17-,20?,21?,22?,23?,24-,25?,26+,27-/m1/s1. The van der Waals surface area contributed by atoms with E-state index in [1.807, 2.05) is 6.08 Å². The Morgan fingerprint density at radius 3 is 2.50 bits per heavy atom. The highest BCUT2D eigenvalue weighted by Crippen LogP contribution is 2.67. The molecule has 3 heteroatoms. The predicted molar refractivity (Wildman–Crippen MR) is 121 cm³/mol. The Labute approximate surface area is 183 Å². The molecule has 0 radical (unpaired) electrons. The average molecular weight is 417 g/mol. The molecule has 0 heterocycles. The van der Waals surface area contributed by atoms with E-state index < -0.39 is 0 Å². The Morgan fingerprint density at radius 1 is 1.07 bits per heavy atom. The van der Waals surface area contributed by atoms with Crippen molar-refractivity contribution in [3.63, 3.8) is 0 Å². The smallest absolute Gasteiger partial charge is 0.155 e. The summed E-state index contributed by atoms with van der Waals surface area (Å²) in [6.45, 7) is 11.5.